The molecule has 1 aliphatic rings. The fourth-order valence-corrected chi connectivity index (χ4v) is 3.23. The van der Waals surface area contributed by atoms with Crippen LogP contribution in [0.4, 0.5) is 17.6 Å². The molecule has 0 fully saturated rings. The highest BCUT2D eigenvalue weighted by molar-refractivity contribution is 9.10. The molecule has 2 aromatic rings. The van der Waals surface area contributed by atoms with Gasteiger partial charge in [0, 0.05) is 0 Å². The SMILES string of the molecule is Fc1ccc(-c2nn3c(c2Br)CCC(F)(COC(F)F)C3)nc1. The Bertz CT molecular complexity index is 707. The molecule has 1 unspecified atom stereocenters. The maximum absolute atomic E-state index is 14.6. The molecule has 0 aromatic carbocycles. The van der Waals surface area contributed by atoms with E-state index in [0.717, 1.165) is 11.9 Å². The smallest absolute Gasteiger partial charge is 0.320 e. The van der Waals surface area contributed by atoms with Gasteiger partial charge >= 0.3 is 6.61 Å². The van der Waals surface area contributed by atoms with E-state index in [1.54, 1.807) is 0 Å². The van der Waals surface area contributed by atoms with Crippen molar-refractivity contribution in [3.63, 3.8) is 0 Å². The summed E-state index contributed by atoms with van der Waals surface area (Å²) < 4.78 is 58.0. The van der Waals surface area contributed by atoms with Gasteiger partial charge in [-0.2, -0.15) is 13.9 Å². The van der Waals surface area contributed by atoms with Gasteiger partial charge in [-0.1, -0.05) is 0 Å². The van der Waals surface area contributed by atoms with Crippen molar-refractivity contribution in [1.82, 2.24) is 14.8 Å². The van der Waals surface area contributed by atoms with Crippen molar-refractivity contribution in [2.24, 2.45) is 0 Å². The minimum absolute atomic E-state index is 0.0559. The molecule has 0 N–H and O–H groups in total. The second kappa shape index (κ2) is 6.20. The molecule has 3 heterocycles. The first-order valence-corrected chi connectivity index (χ1v) is 7.63. The van der Waals surface area contributed by atoms with E-state index < -0.39 is 24.7 Å². The Labute approximate surface area is 137 Å². The monoisotopic (exact) mass is 393 g/mol. The van der Waals surface area contributed by atoms with Crippen LogP contribution in [0.5, 0.6) is 0 Å². The molecular weight excluding hydrogens is 382 g/mol. The summed E-state index contributed by atoms with van der Waals surface area (Å²) in [6.45, 7) is -3.88. The first-order valence-electron chi connectivity index (χ1n) is 6.84. The summed E-state index contributed by atoms with van der Waals surface area (Å²) in [6.07, 6.45) is 1.44. The molecule has 124 valence electrons. The zero-order valence-corrected chi connectivity index (χ0v) is 13.4. The van der Waals surface area contributed by atoms with Crippen LogP contribution < -0.4 is 0 Å². The Kier molecular flexibility index (Phi) is 4.41. The van der Waals surface area contributed by atoms with E-state index in [-0.39, 0.29) is 13.0 Å². The minimum atomic E-state index is -3.01. The number of hydrogen-bond acceptors (Lipinski definition) is 3. The number of hydrogen-bond donors (Lipinski definition) is 0. The highest BCUT2D eigenvalue weighted by atomic mass is 79.9. The van der Waals surface area contributed by atoms with Gasteiger partial charge in [0.1, 0.15) is 11.5 Å². The molecule has 3 rings (SSSR count). The number of ether oxygens (including phenoxy) is 1. The second-order valence-corrected chi connectivity index (χ2v) is 6.14. The highest BCUT2D eigenvalue weighted by Crippen LogP contribution is 2.36. The third-order valence-corrected chi connectivity index (χ3v) is 4.51. The Morgan fingerprint density at radius 2 is 2.17 bits per heavy atom. The molecule has 4 nitrogen and oxygen atoms in total. The number of nitrogens with zero attached hydrogens (tertiary/aromatic N) is 3. The van der Waals surface area contributed by atoms with Crippen LogP contribution in [0.1, 0.15) is 12.1 Å². The number of fused-ring (bicyclic) bond motifs is 1. The highest BCUT2D eigenvalue weighted by Gasteiger charge is 2.38. The molecule has 0 saturated carbocycles. The number of rotatable bonds is 4. The van der Waals surface area contributed by atoms with Gasteiger partial charge in [-0.25, -0.2) is 8.78 Å². The van der Waals surface area contributed by atoms with E-state index in [9.17, 15) is 17.6 Å². The first kappa shape index (κ1) is 16.4. The van der Waals surface area contributed by atoms with Crippen molar-refractivity contribution < 1.29 is 22.3 Å². The van der Waals surface area contributed by atoms with E-state index >= 15 is 0 Å². The molecule has 0 spiro atoms. The van der Waals surface area contributed by atoms with E-state index in [1.165, 1.54) is 16.8 Å². The largest absolute Gasteiger partial charge is 0.345 e. The number of aromatic nitrogens is 3. The van der Waals surface area contributed by atoms with Crippen LogP contribution in [0.3, 0.4) is 0 Å². The number of pyridine rings is 1. The van der Waals surface area contributed by atoms with Gasteiger partial charge < -0.3 is 4.74 Å². The molecule has 1 aliphatic heterocycles. The van der Waals surface area contributed by atoms with Crippen LogP contribution >= 0.6 is 15.9 Å². The zero-order chi connectivity index (χ0) is 16.6. The van der Waals surface area contributed by atoms with E-state index in [4.69, 9.17) is 0 Å². The second-order valence-electron chi connectivity index (χ2n) is 5.35. The summed E-state index contributed by atoms with van der Waals surface area (Å²) >= 11 is 3.40. The molecule has 0 radical (unpaired) electrons. The lowest BCUT2D eigenvalue weighted by atomic mass is 9.96. The molecular formula is C14H12BrF4N3O. The van der Waals surface area contributed by atoms with Gasteiger partial charge in [0.15, 0.2) is 5.67 Å². The van der Waals surface area contributed by atoms with Crippen molar-refractivity contribution in [3.05, 3.63) is 34.3 Å². The van der Waals surface area contributed by atoms with Crippen LogP contribution in [0, 0.1) is 5.82 Å². The minimum Gasteiger partial charge on any atom is -0.320 e. The molecule has 0 amide bonds. The fraction of sp³-hybridized carbons (Fsp3) is 0.429. The molecule has 0 aliphatic carbocycles. The Hall–Kier alpha value is -1.48. The maximum atomic E-state index is 14.6. The van der Waals surface area contributed by atoms with Crippen LogP contribution in [0.25, 0.3) is 11.4 Å². The summed E-state index contributed by atoms with van der Waals surface area (Å²) in [7, 11) is 0. The molecule has 0 bridgehead atoms. The summed E-state index contributed by atoms with van der Waals surface area (Å²) in [5, 5.41) is 4.27. The van der Waals surface area contributed by atoms with Crippen molar-refractivity contribution in [3.8, 4) is 11.4 Å². The van der Waals surface area contributed by atoms with Gasteiger partial charge in [0.25, 0.3) is 0 Å². The quantitative estimate of drug-likeness (QED) is 0.742. The summed E-state index contributed by atoms with van der Waals surface area (Å²) in [5.74, 6) is -0.472. The summed E-state index contributed by atoms with van der Waals surface area (Å²) in [5.41, 5.74) is -0.258. The third kappa shape index (κ3) is 3.40. The van der Waals surface area contributed by atoms with E-state index in [0.29, 0.717) is 22.3 Å². The van der Waals surface area contributed by atoms with Crippen molar-refractivity contribution in [2.75, 3.05) is 6.61 Å². The molecule has 23 heavy (non-hydrogen) atoms. The molecule has 2 aromatic heterocycles. The van der Waals surface area contributed by atoms with Crippen molar-refractivity contribution in [2.45, 2.75) is 31.7 Å². The van der Waals surface area contributed by atoms with Crippen LogP contribution in [0.2, 0.25) is 0 Å². The number of halogens is 5. The molecule has 1 atom stereocenters. The van der Waals surface area contributed by atoms with Crippen LogP contribution in [-0.2, 0) is 17.7 Å². The predicted molar refractivity (Wildman–Crippen MR) is 77.2 cm³/mol. The predicted octanol–water partition coefficient (Wildman–Crippen LogP) is 3.74. The summed E-state index contributed by atoms with van der Waals surface area (Å²) in [6, 6.07) is 2.72. The van der Waals surface area contributed by atoms with Crippen LogP contribution in [-0.4, -0.2) is 33.7 Å². The maximum Gasteiger partial charge on any atom is 0.345 e. The Morgan fingerprint density at radius 3 is 2.83 bits per heavy atom. The van der Waals surface area contributed by atoms with Crippen molar-refractivity contribution >= 4 is 15.9 Å². The molecule has 9 heteroatoms. The average Bonchev–Trinajstić information content (AvgIpc) is 2.82. The first-order chi connectivity index (χ1) is 10.9. The lowest BCUT2D eigenvalue weighted by Gasteiger charge is -2.29. The zero-order valence-electron chi connectivity index (χ0n) is 11.8. The van der Waals surface area contributed by atoms with Gasteiger partial charge in [0.05, 0.1) is 35.2 Å². The Morgan fingerprint density at radius 1 is 1.39 bits per heavy atom. The van der Waals surface area contributed by atoms with Gasteiger partial charge in [-0.15, -0.1) is 0 Å². The van der Waals surface area contributed by atoms with E-state index in [2.05, 4.69) is 30.7 Å². The summed E-state index contributed by atoms with van der Waals surface area (Å²) in [4.78, 5) is 3.95. The normalized spacial score (nSPS) is 20.8. The van der Waals surface area contributed by atoms with Crippen molar-refractivity contribution in [1.29, 1.82) is 0 Å². The van der Waals surface area contributed by atoms with Crippen LogP contribution in [0.15, 0.2) is 22.8 Å². The fourth-order valence-electron chi connectivity index (χ4n) is 2.54. The standard InChI is InChI=1S/C14H12BrF4N3O/c15-11-10-3-4-14(19,7-23-13(17)18)6-22(10)21-12(11)9-2-1-8(16)5-20-9/h1-2,5,13H,3-4,6-7H2. The topological polar surface area (TPSA) is 39.9 Å². The lowest BCUT2D eigenvalue weighted by Crippen LogP contribution is -2.40. The third-order valence-electron chi connectivity index (χ3n) is 3.67. The lowest BCUT2D eigenvalue weighted by molar-refractivity contribution is -0.160. The average molecular weight is 394 g/mol. The van der Waals surface area contributed by atoms with Gasteiger partial charge in [-0.05, 0) is 40.9 Å². The van der Waals surface area contributed by atoms with E-state index in [1.807, 2.05) is 0 Å². The molecule has 0 saturated heterocycles. The van der Waals surface area contributed by atoms with Gasteiger partial charge in [0.2, 0.25) is 0 Å². The Balaban J connectivity index is 1.87. The number of alkyl halides is 3. The van der Waals surface area contributed by atoms with Gasteiger partial charge in [-0.3, -0.25) is 9.67 Å².